The zero-order valence-corrected chi connectivity index (χ0v) is 11.3. The fourth-order valence-electron chi connectivity index (χ4n) is 2.71. The molecule has 96 valence electrons. The third-order valence-electron chi connectivity index (χ3n) is 3.62. The van der Waals surface area contributed by atoms with Crippen LogP contribution < -0.4 is 5.32 Å². The van der Waals surface area contributed by atoms with Gasteiger partial charge in [0, 0.05) is 24.0 Å². The molecule has 0 aliphatic heterocycles. The Kier molecular flexibility index (Phi) is 4.66. The molecule has 2 N–H and O–H groups in total. The van der Waals surface area contributed by atoms with E-state index in [0.717, 1.165) is 24.9 Å². The molecule has 17 heavy (non-hydrogen) atoms. The standard InChI is InChI=1S/C15H26N2/c1-12(2)10-14-8-9-15(17-14)11-16-13-6-4-3-5-7-13/h8-9,12-13,16-17H,3-7,10-11H2,1-2H3. The number of hydrogen-bond donors (Lipinski definition) is 2. The first-order valence-electron chi connectivity index (χ1n) is 7.14. The van der Waals surface area contributed by atoms with Crippen molar-refractivity contribution in [3.05, 3.63) is 23.5 Å². The highest BCUT2D eigenvalue weighted by molar-refractivity contribution is 5.13. The Labute approximate surface area is 105 Å². The number of aromatic amines is 1. The summed E-state index contributed by atoms with van der Waals surface area (Å²) in [5.74, 6) is 0.729. The van der Waals surface area contributed by atoms with E-state index in [1.54, 1.807) is 0 Å². The highest BCUT2D eigenvalue weighted by Gasteiger charge is 2.12. The van der Waals surface area contributed by atoms with E-state index in [1.165, 1.54) is 43.5 Å². The third-order valence-corrected chi connectivity index (χ3v) is 3.62. The van der Waals surface area contributed by atoms with Gasteiger partial charge in [0.15, 0.2) is 0 Å². The molecule has 1 aromatic rings. The molecule has 0 amide bonds. The van der Waals surface area contributed by atoms with Crippen molar-refractivity contribution in [2.75, 3.05) is 0 Å². The lowest BCUT2D eigenvalue weighted by Crippen LogP contribution is -2.30. The first-order chi connectivity index (χ1) is 8.24. The average Bonchev–Trinajstić information content (AvgIpc) is 2.75. The Bertz CT molecular complexity index is 321. The number of rotatable bonds is 5. The molecule has 0 bridgehead atoms. The van der Waals surface area contributed by atoms with Gasteiger partial charge in [-0.15, -0.1) is 0 Å². The number of nitrogens with one attached hydrogen (secondary N) is 2. The zero-order valence-electron chi connectivity index (χ0n) is 11.3. The van der Waals surface area contributed by atoms with Crippen molar-refractivity contribution < 1.29 is 0 Å². The fraction of sp³-hybridized carbons (Fsp3) is 0.733. The quantitative estimate of drug-likeness (QED) is 0.800. The number of hydrogen-bond acceptors (Lipinski definition) is 1. The molecule has 1 saturated carbocycles. The smallest absolute Gasteiger partial charge is 0.0359 e. The molecule has 0 spiro atoms. The van der Waals surface area contributed by atoms with Crippen LogP contribution in [0.15, 0.2) is 12.1 Å². The summed E-state index contributed by atoms with van der Waals surface area (Å²) in [6.07, 6.45) is 8.11. The van der Waals surface area contributed by atoms with Crippen molar-refractivity contribution in [1.82, 2.24) is 10.3 Å². The van der Waals surface area contributed by atoms with Crippen molar-refractivity contribution >= 4 is 0 Å². The van der Waals surface area contributed by atoms with Gasteiger partial charge in [-0.25, -0.2) is 0 Å². The maximum Gasteiger partial charge on any atom is 0.0359 e. The van der Waals surface area contributed by atoms with Crippen molar-refractivity contribution in [2.24, 2.45) is 5.92 Å². The Balaban J connectivity index is 1.76. The van der Waals surface area contributed by atoms with Crippen LogP contribution in [0.3, 0.4) is 0 Å². The lowest BCUT2D eigenvalue weighted by Gasteiger charge is -2.22. The Morgan fingerprint density at radius 1 is 1.18 bits per heavy atom. The minimum Gasteiger partial charge on any atom is -0.361 e. The molecular formula is C15H26N2. The van der Waals surface area contributed by atoms with Gasteiger partial charge in [-0.2, -0.15) is 0 Å². The number of aromatic nitrogens is 1. The minimum absolute atomic E-state index is 0.729. The third kappa shape index (κ3) is 4.19. The van der Waals surface area contributed by atoms with Gasteiger partial charge >= 0.3 is 0 Å². The molecule has 2 nitrogen and oxygen atoms in total. The first kappa shape index (κ1) is 12.7. The van der Waals surface area contributed by atoms with Gasteiger partial charge in [0.2, 0.25) is 0 Å². The molecule has 0 unspecified atom stereocenters. The Morgan fingerprint density at radius 2 is 1.88 bits per heavy atom. The van der Waals surface area contributed by atoms with Gasteiger partial charge in [0.25, 0.3) is 0 Å². The predicted molar refractivity (Wildman–Crippen MR) is 73.0 cm³/mol. The fourth-order valence-corrected chi connectivity index (χ4v) is 2.71. The van der Waals surface area contributed by atoms with Crippen LogP contribution in [0, 0.1) is 5.92 Å². The molecule has 0 atom stereocenters. The normalized spacial score (nSPS) is 17.8. The topological polar surface area (TPSA) is 27.8 Å². The van der Waals surface area contributed by atoms with Crippen LogP contribution >= 0.6 is 0 Å². The summed E-state index contributed by atoms with van der Waals surface area (Å²) in [6.45, 7) is 5.53. The summed E-state index contributed by atoms with van der Waals surface area (Å²) in [7, 11) is 0. The predicted octanol–water partition coefficient (Wildman–Crippen LogP) is 3.64. The summed E-state index contributed by atoms with van der Waals surface area (Å²) in [5.41, 5.74) is 2.71. The largest absolute Gasteiger partial charge is 0.361 e. The first-order valence-corrected chi connectivity index (χ1v) is 7.14. The van der Waals surface area contributed by atoms with Crippen LogP contribution in [0.1, 0.15) is 57.3 Å². The van der Waals surface area contributed by atoms with Crippen LogP contribution in [0.2, 0.25) is 0 Å². The van der Waals surface area contributed by atoms with E-state index in [2.05, 4.69) is 36.3 Å². The van der Waals surface area contributed by atoms with Gasteiger partial charge in [-0.05, 0) is 37.3 Å². The Morgan fingerprint density at radius 3 is 2.59 bits per heavy atom. The van der Waals surface area contributed by atoms with E-state index in [4.69, 9.17) is 0 Å². The maximum atomic E-state index is 3.67. The second-order valence-electron chi connectivity index (χ2n) is 5.82. The van der Waals surface area contributed by atoms with Gasteiger partial charge in [-0.3, -0.25) is 0 Å². The molecule has 1 heterocycles. The lowest BCUT2D eigenvalue weighted by atomic mass is 9.95. The molecule has 0 radical (unpaired) electrons. The van der Waals surface area contributed by atoms with E-state index >= 15 is 0 Å². The van der Waals surface area contributed by atoms with E-state index in [9.17, 15) is 0 Å². The molecule has 0 aromatic carbocycles. The summed E-state index contributed by atoms with van der Waals surface area (Å²) < 4.78 is 0. The van der Waals surface area contributed by atoms with Gasteiger partial charge in [0.1, 0.15) is 0 Å². The highest BCUT2D eigenvalue weighted by Crippen LogP contribution is 2.17. The van der Waals surface area contributed by atoms with E-state index in [0.29, 0.717) is 0 Å². The van der Waals surface area contributed by atoms with Gasteiger partial charge in [-0.1, -0.05) is 33.1 Å². The van der Waals surface area contributed by atoms with Crippen LogP contribution in [0.5, 0.6) is 0 Å². The van der Waals surface area contributed by atoms with Gasteiger partial charge in [0.05, 0.1) is 0 Å². The van der Waals surface area contributed by atoms with Crippen molar-refractivity contribution in [3.63, 3.8) is 0 Å². The Hall–Kier alpha value is -0.760. The summed E-state index contributed by atoms with van der Waals surface area (Å²) in [5, 5.41) is 3.67. The summed E-state index contributed by atoms with van der Waals surface area (Å²) >= 11 is 0. The zero-order chi connectivity index (χ0) is 12.1. The van der Waals surface area contributed by atoms with E-state index in [1.807, 2.05) is 0 Å². The molecule has 2 heteroatoms. The second kappa shape index (κ2) is 6.25. The SMILES string of the molecule is CC(C)Cc1ccc(CNC2CCCCC2)[nH]1. The minimum atomic E-state index is 0.729. The lowest BCUT2D eigenvalue weighted by molar-refractivity contribution is 0.371. The second-order valence-corrected chi connectivity index (χ2v) is 5.82. The molecule has 1 aromatic heterocycles. The van der Waals surface area contributed by atoms with Crippen LogP contribution in [0.4, 0.5) is 0 Å². The van der Waals surface area contributed by atoms with E-state index in [-0.39, 0.29) is 0 Å². The van der Waals surface area contributed by atoms with Crippen LogP contribution in [-0.4, -0.2) is 11.0 Å². The summed E-state index contributed by atoms with van der Waals surface area (Å²) in [4.78, 5) is 3.52. The van der Waals surface area contributed by atoms with Crippen LogP contribution in [0.25, 0.3) is 0 Å². The molecular weight excluding hydrogens is 208 g/mol. The highest BCUT2D eigenvalue weighted by atomic mass is 14.9. The van der Waals surface area contributed by atoms with Crippen LogP contribution in [-0.2, 0) is 13.0 Å². The number of H-pyrrole nitrogens is 1. The monoisotopic (exact) mass is 234 g/mol. The van der Waals surface area contributed by atoms with Crippen molar-refractivity contribution in [1.29, 1.82) is 0 Å². The average molecular weight is 234 g/mol. The maximum absolute atomic E-state index is 3.67. The molecule has 1 aliphatic rings. The van der Waals surface area contributed by atoms with Crippen molar-refractivity contribution in [3.8, 4) is 0 Å². The van der Waals surface area contributed by atoms with Crippen molar-refractivity contribution in [2.45, 2.75) is 65.0 Å². The molecule has 1 aliphatic carbocycles. The van der Waals surface area contributed by atoms with E-state index < -0.39 is 0 Å². The molecule has 0 saturated heterocycles. The molecule has 2 rings (SSSR count). The molecule has 1 fully saturated rings. The van der Waals surface area contributed by atoms with Gasteiger partial charge < -0.3 is 10.3 Å². The summed E-state index contributed by atoms with van der Waals surface area (Å²) in [6, 6.07) is 5.21.